The monoisotopic (exact) mass is 311 g/mol. The zero-order valence-corrected chi connectivity index (χ0v) is 12.0. The molecule has 20 heavy (non-hydrogen) atoms. The Morgan fingerprint density at radius 3 is 2.90 bits per heavy atom. The Morgan fingerprint density at radius 1 is 1.55 bits per heavy atom. The smallest absolute Gasteiger partial charge is 0.288 e. The van der Waals surface area contributed by atoms with Crippen LogP contribution in [0.25, 0.3) is 0 Å². The molecule has 0 aliphatic rings. The Labute approximate surface area is 123 Å². The van der Waals surface area contributed by atoms with Crippen LogP contribution in [0.15, 0.2) is 24.4 Å². The van der Waals surface area contributed by atoms with Crippen molar-refractivity contribution < 1.29 is 9.72 Å². The van der Waals surface area contributed by atoms with Crippen LogP contribution in [0.4, 0.5) is 5.69 Å². The first kappa shape index (κ1) is 14.4. The molecule has 0 bridgehead atoms. The lowest BCUT2D eigenvalue weighted by Crippen LogP contribution is -2.23. The van der Waals surface area contributed by atoms with Crippen LogP contribution < -0.4 is 5.32 Å². The van der Waals surface area contributed by atoms with Crippen molar-refractivity contribution in [2.75, 3.05) is 0 Å². The van der Waals surface area contributed by atoms with Gasteiger partial charge in [-0.15, -0.1) is 11.3 Å². The molecule has 0 unspecified atom stereocenters. The summed E-state index contributed by atoms with van der Waals surface area (Å²) in [5, 5.41) is 13.3. The third-order valence-corrected chi connectivity index (χ3v) is 3.80. The summed E-state index contributed by atoms with van der Waals surface area (Å²) < 4.78 is 0. The lowest BCUT2D eigenvalue weighted by molar-refractivity contribution is -0.385. The van der Waals surface area contributed by atoms with Crippen LogP contribution in [0.5, 0.6) is 0 Å². The van der Waals surface area contributed by atoms with Crippen molar-refractivity contribution in [3.05, 3.63) is 55.0 Å². The molecular formula is C12H10ClN3O3S. The van der Waals surface area contributed by atoms with E-state index in [0.29, 0.717) is 6.54 Å². The quantitative estimate of drug-likeness (QED) is 0.534. The van der Waals surface area contributed by atoms with Gasteiger partial charge < -0.3 is 5.32 Å². The topological polar surface area (TPSA) is 85.1 Å². The molecule has 2 aromatic rings. The van der Waals surface area contributed by atoms with Crippen LogP contribution in [-0.4, -0.2) is 15.8 Å². The molecule has 1 amide bonds. The Balaban J connectivity index is 2.12. The average Bonchev–Trinajstić information content (AvgIpc) is 2.82. The number of hydrogen-bond acceptors (Lipinski definition) is 5. The first-order valence-corrected chi connectivity index (χ1v) is 6.80. The second-order valence-electron chi connectivity index (χ2n) is 3.98. The molecular weight excluding hydrogens is 302 g/mol. The SMILES string of the molecule is Cc1ccc(CNC(=O)c2cc([N+](=O)[O-])cnc2Cl)s1. The number of nitrogens with one attached hydrogen (secondary N) is 1. The zero-order chi connectivity index (χ0) is 14.7. The van der Waals surface area contributed by atoms with E-state index in [-0.39, 0.29) is 16.4 Å². The van der Waals surface area contributed by atoms with Crippen LogP contribution in [0.3, 0.4) is 0 Å². The molecule has 0 saturated carbocycles. The minimum Gasteiger partial charge on any atom is -0.347 e. The third kappa shape index (κ3) is 3.31. The fourth-order valence-corrected chi connectivity index (χ4v) is 2.56. The van der Waals surface area contributed by atoms with E-state index in [9.17, 15) is 14.9 Å². The van der Waals surface area contributed by atoms with Gasteiger partial charge in [-0.2, -0.15) is 0 Å². The lowest BCUT2D eigenvalue weighted by atomic mass is 10.2. The number of carbonyl (C=O) groups is 1. The second kappa shape index (κ2) is 5.98. The number of rotatable bonds is 4. The second-order valence-corrected chi connectivity index (χ2v) is 5.71. The predicted octanol–water partition coefficient (Wildman–Crippen LogP) is 2.94. The molecule has 2 heterocycles. The minimum absolute atomic E-state index is 0.00542. The summed E-state index contributed by atoms with van der Waals surface area (Å²) in [5.41, 5.74) is -0.277. The van der Waals surface area contributed by atoms with E-state index in [0.717, 1.165) is 22.0 Å². The van der Waals surface area contributed by atoms with Gasteiger partial charge in [0.1, 0.15) is 11.3 Å². The maximum Gasteiger partial charge on any atom is 0.288 e. The summed E-state index contributed by atoms with van der Waals surface area (Å²) in [6.45, 7) is 2.31. The van der Waals surface area contributed by atoms with E-state index >= 15 is 0 Å². The van der Waals surface area contributed by atoms with Crippen LogP contribution in [-0.2, 0) is 6.54 Å². The van der Waals surface area contributed by atoms with E-state index in [2.05, 4.69) is 10.3 Å². The van der Waals surface area contributed by atoms with Gasteiger partial charge in [-0.1, -0.05) is 11.6 Å². The van der Waals surface area contributed by atoms with Crippen LogP contribution in [0, 0.1) is 17.0 Å². The van der Waals surface area contributed by atoms with Crippen molar-refractivity contribution >= 4 is 34.5 Å². The number of hydrogen-bond donors (Lipinski definition) is 1. The summed E-state index contributed by atoms with van der Waals surface area (Å²) in [6.07, 6.45) is 1.02. The number of thiophene rings is 1. The molecule has 0 saturated heterocycles. The van der Waals surface area contributed by atoms with Crippen molar-refractivity contribution in [3.63, 3.8) is 0 Å². The molecule has 0 aliphatic carbocycles. The highest BCUT2D eigenvalue weighted by Crippen LogP contribution is 2.19. The summed E-state index contributed by atoms with van der Waals surface area (Å²) in [4.78, 5) is 27.8. The standard InChI is InChI=1S/C12H10ClN3O3S/c1-7-2-3-9(20-7)6-15-12(17)10-4-8(16(18)19)5-14-11(10)13/h2-5H,6H2,1H3,(H,15,17). The van der Waals surface area contributed by atoms with Gasteiger partial charge in [0.15, 0.2) is 0 Å². The molecule has 2 aromatic heterocycles. The summed E-state index contributed by atoms with van der Waals surface area (Å²) in [5.74, 6) is -0.489. The Bertz CT molecular complexity index is 672. The number of carbonyl (C=O) groups excluding carboxylic acids is 1. The van der Waals surface area contributed by atoms with Crippen molar-refractivity contribution in [2.24, 2.45) is 0 Å². The largest absolute Gasteiger partial charge is 0.347 e. The highest BCUT2D eigenvalue weighted by atomic mass is 35.5. The van der Waals surface area contributed by atoms with Crippen molar-refractivity contribution in [3.8, 4) is 0 Å². The molecule has 0 fully saturated rings. The summed E-state index contributed by atoms with van der Waals surface area (Å²) in [6, 6.07) is 4.98. The van der Waals surface area contributed by atoms with Gasteiger partial charge in [-0.3, -0.25) is 14.9 Å². The zero-order valence-electron chi connectivity index (χ0n) is 10.4. The summed E-state index contributed by atoms with van der Waals surface area (Å²) in [7, 11) is 0. The Kier molecular flexibility index (Phi) is 4.31. The number of nitrogens with zero attached hydrogens (tertiary/aromatic N) is 2. The molecule has 0 radical (unpaired) electrons. The number of pyridine rings is 1. The highest BCUT2D eigenvalue weighted by Gasteiger charge is 2.17. The van der Waals surface area contributed by atoms with Gasteiger partial charge >= 0.3 is 0 Å². The number of aryl methyl sites for hydroxylation is 1. The molecule has 8 heteroatoms. The molecule has 0 atom stereocenters. The number of aromatic nitrogens is 1. The van der Waals surface area contributed by atoms with E-state index < -0.39 is 10.8 Å². The van der Waals surface area contributed by atoms with E-state index in [1.54, 1.807) is 11.3 Å². The van der Waals surface area contributed by atoms with Crippen molar-refractivity contribution in [2.45, 2.75) is 13.5 Å². The van der Waals surface area contributed by atoms with Gasteiger partial charge in [-0.25, -0.2) is 4.98 Å². The number of halogens is 1. The Hall–Kier alpha value is -1.99. The van der Waals surface area contributed by atoms with E-state index in [4.69, 9.17) is 11.6 Å². The number of amides is 1. The first-order valence-electron chi connectivity index (χ1n) is 5.61. The molecule has 0 aromatic carbocycles. The molecule has 1 N–H and O–H groups in total. The van der Waals surface area contributed by atoms with Crippen LogP contribution in [0.2, 0.25) is 5.15 Å². The fraction of sp³-hybridized carbons (Fsp3) is 0.167. The maximum absolute atomic E-state index is 12.0. The molecule has 2 rings (SSSR count). The van der Waals surface area contributed by atoms with E-state index in [1.165, 1.54) is 0 Å². The van der Waals surface area contributed by atoms with E-state index in [1.807, 2.05) is 19.1 Å². The van der Waals surface area contributed by atoms with Crippen LogP contribution in [0.1, 0.15) is 20.1 Å². The number of nitro groups is 1. The Morgan fingerprint density at radius 2 is 2.30 bits per heavy atom. The van der Waals surface area contributed by atoms with Gasteiger partial charge in [-0.05, 0) is 19.1 Å². The van der Waals surface area contributed by atoms with Gasteiger partial charge in [0.05, 0.1) is 17.0 Å². The molecule has 6 nitrogen and oxygen atoms in total. The lowest BCUT2D eigenvalue weighted by Gasteiger charge is -2.05. The summed E-state index contributed by atoms with van der Waals surface area (Å²) >= 11 is 7.36. The average molecular weight is 312 g/mol. The van der Waals surface area contributed by atoms with Gasteiger partial charge in [0.25, 0.3) is 11.6 Å². The first-order chi connectivity index (χ1) is 9.47. The highest BCUT2D eigenvalue weighted by molar-refractivity contribution is 7.11. The van der Waals surface area contributed by atoms with Crippen molar-refractivity contribution in [1.29, 1.82) is 0 Å². The van der Waals surface area contributed by atoms with Crippen LogP contribution >= 0.6 is 22.9 Å². The normalized spacial score (nSPS) is 10.3. The molecule has 0 spiro atoms. The van der Waals surface area contributed by atoms with Crippen molar-refractivity contribution in [1.82, 2.24) is 10.3 Å². The minimum atomic E-state index is -0.622. The van der Waals surface area contributed by atoms with Gasteiger partial charge in [0, 0.05) is 15.8 Å². The third-order valence-electron chi connectivity index (χ3n) is 2.50. The molecule has 0 aliphatic heterocycles. The maximum atomic E-state index is 12.0. The predicted molar refractivity (Wildman–Crippen MR) is 76.1 cm³/mol. The molecule has 104 valence electrons. The van der Waals surface area contributed by atoms with Gasteiger partial charge in [0.2, 0.25) is 0 Å². The fourth-order valence-electron chi connectivity index (χ4n) is 1.54.